The van der Waals surface area contributed by atoms with Gasteiger partial charge in [-0.1, -0.05) is 47.6 Å². The first kappa shape index (κ1) is 26.1. The van der Waals surface area contributed by atoms with Gasteiger partial charge in [-0.25, -0.2) is 0 Å². The maximum absolute atomic E-state index is 13.5. The molecule has 0 saturated carbocycles. The van der Waals surface area contributed by atoms with Crippen molar-refractivity contribution in [1.29, 1.82) is 0 Å². The van der Waals surface area contributed by atoms with Gasteiger partial charge in [-0.15, -0.1) is 0 Å². The van der Waals surface area contributed by atoms with Crippen LogP contribution >= 0.6 is 0 Å². The molecule has 11 heteroatoms. The van der Waals surface area contributed by atoms with Crippen LogP contribution in [0, 0.1) is 6.92 Å². The lowest BCUT2D eigenvalue weighted by molar-refractivity contribution is -0.252. The molecule has 5 N–H and O–H groups in total. The third-order valence-corrected chi connectivity index (χ3v) is 7.27. The second-order valence-electron chi connectivity index (χ2n) is 9.96. The van der Waals surface area contributed by atoms with Crippen molar-refractivity contribution >= 4 is 27.6 Å². The average Bonchev–Trinajstić information content (AvgIpc) is 3.56. The lowest BCUT2D eigenvalue weighted by Crippen LogP contribution is -2.64. The number of benzene rings is 3. The molecule has 1 saturated heterocycles. The summed E-state index contributed by atoms with van der Waals surface area (Å²) in [5, 5.41) is 49.8. The number of fused-ring (bicyclic) bond motifs is 2. The molecule has 3 aromatic carbocycles. The zero-order valence-electron chi connectivity index (χ0n) is 21.5. The van der Waals surface area contributed by atoms with Crippen molar-refractivity contribution in [2.45, 2.75) is 44.1 Å². The van der Waals surface area contributed by atoms with Crippen molar-refractivity contribution in [2.75, 3.05) is 6.61 Å². The van der Waals surface area contributed by atoms with Crippen molar-refractivity contribution in [1.82, 2.24) is 20.0 Å². The molecule has 0 spiro atoms. The molecule has 206 valence electrons. The van der Waals surface area contributed by atoms with E-state index in [-0.39, 0.29) is 0 Å². The monoisotopic (exact) mass is 544 g/mol. The van der Waals surface area contributed by atoms with Gasteiger partial charge in [-0.05, 0) is 41.5 Å². The van der Waals surface area contributed by atoms with Crippen LogP contribution in [-0.4, -0.2) is 78.3 Å². The molecule has 2 aromatic heterocycles. The number of amides is 1. The minimum absolute atomic E-state index is 0.294. The van der Waals surface area contributed by atoms with E-state index in [2.05, 4.69) is 21.5 Å². The maximum Gasteiger partial charge on any atom is 0.257 e. The number of hydrogen-bond donors (Lipinski definition) is 5. The van der Waals surface area contributed by atoms with Gasteiger partial charge in [0.2, 0.25) is 0 Å². The van der Waals surface area contributed by atoms with Gasteiger partial charge in [0, 0.05) is 29.2 Å². The van der Waals surface area contributed by atoms with Crippen LogP contribution in [0.3, 0.4) is 0 Å². The number of nitrogens with one attached hydrogen (secondary N) is 1. The Bertz CT molecular complexity index is 1700. The molecule has 5 aromatic rings. The fourth-order valence-corrected chi connectivity index (χ4v) is 5.17. The summed E-state index contributed by atoms with van der Waals surface area (Å²) in [6.45, 7) is 1.59. The van der Waals surface area contributed by atoms with Gasteiger partial charge in [0.25, 0.3) is 11.8 Å². The van der Waals surface area contributed by atoms with E-state index < -0.39 is 43.2 Å². The zero-order chi connectivity index (χ0) is 28.0. The first-order valence-electron chi connectivity index (χ1n) is 12.8. The second-order valence-corrected chi connectivity index (χ2v) is 9.96. The number of aliphatic hydroxyl groups is 4. The van der Waals surface area contributed by atoms with Crippen LogP contribution in [-0.2, 0) is 11.3 Å². The van der Waals surface area contributed by atoms with Crippen LogP contribution in [0.25, 0.3) is 33.1 Å². The number of hydrogen-bond acceptors (Lipinski definition) is 9. The molecule has 1 unspecified atom stereocenters. The fourth-order valence-electron chi connectivity index (χ4n) is 5.17. The maximum atomic E-state index is 13.5. The summed E-state index contributed by atoms with van der Waals surface area (Å²) >= 11 is 0. The molecule has 1 fully saturated rings. The molecule has 11 nitrogen and oxygen atoms in total. The van der Waals surface area contributed by atoms with E-state index in [1.807, 2.05) is 47.0 Å². The second kappa shape index (κ2) is 10.5. The third-order valence-electron chi connectivity index (χ3n) is 7.27. The van der Waals surface area contributed by atoms with Crippen LogP contribution in [0.2, 0.25) is 0 Å². The molecule has 1 aliphatic heterocycles. The first-order chi connectivity index (χ1) is 19.3. The number of nitrogens with zero attached hydrogens (tertiary/aromatic N) is 3. The predicted octanol–water partition coefficient (Wildman–Crippen LogP) is 1.73. The van der Waals surface area contributed by atoms with E-state index in [1.54, 1.807) is 25.3 Å². The van der Waals surface area contributed by atoms with Crippen LogP contribution < -0.4 is 5.32 Å². The Balaban J connectivity index is 1.38. The molecule has 6 rings (SSSR count). The van der Waals surface area contributed by atoms with Crippen molar-refractivity contribution in [3.8, 4) is 11.5 Å². The Labute approximate surface area is 228 Å². The van der Waals surface area contributed by atoms with E-state index in [9.17, 15) is 25.2 Å². The summed E-state index contributed by atoms with van der Waals surface area (Å²) in [4.78, 5) is 17.8. The molecule has 3 heterocycles. The van der Waals surface area contributed by atoms with Gasteiger partial charge >= 0.3 is 0 Å². The number of aliphatic hydroxyl groups excluding tert-OH is 4. The Kier molecular flexibility index (Phi) is 6.82. The lowest BCUT2D eigenvalue weighted by atomic mass is 9.96. The van der Waals surface area contributed by atoms with Crippen molar-refractivity contribution in [3.63, 3.8) is 0 Å². The summed E-state index contributed by atoms with van der Waals surface area (Å²) in [5.74, 6) is 0.269. The molecule has 40 heavy (non-hydrogen) atoms. The number of carbonyl (C=O) groups is 1. The van der Waals surface area contributed by atoms with Gasteiger partial charge in [0.1, 0.15) is 24.4 Å². The molecule has 0 radical (unpaired) electrons. The van der Waals surface area contributed by atoms with E-state index in [1.165, 1.54) is 0 Å². The zero-order valence-corrected chi connectivity index (χ0v) is 21.5. The van der Waals surface area contributed by atoms with Crippen LogP contribution in [0.4, 0.5) is 0 Å². The number of rotatable bonds is 6. The number of carbonyl (C=O) groups excluding carboxylic acids is 1. The quantitative estimate of drug-likeness (QED) is 0.214. The number of aromatic nitrogens is 3. The van der Waals surface area contributed by atoms with Crippen molar-refractivity contribution < 1.29 is 34.5 Å². The Morgan fingerprint density at radius 1 is 1.02 bits per heavy atom. The predicted molar refractivity (Wildman–Crippen MR) is 144 cm³/mol. The minimum Gasteiger partial charge on any atom is -0.394 e. The van der Waals surface area contributed by atoms with Crippen molar-refractivity contribution in [3.05, 3.63) is 83.8 Å². The normalized spacial score (nSPS) is 23.1. The standard InChI is InChI=1S/C29H28N4O7/c1-15-30-28(40-32-15)19-8-9-20-21(27(37)31-24-26(36)25(35)23(14-34)39-29(24)38)13-33(22(20)11-19)12-16-6-7-17-4-2-3-5-18(17)10-16/h2-11,13,23-26,29,34-36,38H,12,14H2,1H3,(H,31,37)/t23-,24-,25-,26-,29?/m1/s1. The average molecular weight is 545 g/mol. The molecular formula is C29H28N4O7. The van der Waals surface area contributed by atoms with Gasteiger partial charge in [-0.3, -0.25) is 4.79 Å². The van der Waals surface area contributed by atoms with Gasteiger partial charge in [-0.2, -0.15) is 4.98 Å². The van der Waals surface area contributed by atoms with E-state index >= 15 is 0 Å². The highest BCUT2D eigenvalue weighted by Crippen LogP contribution is 2.29. The third kappa shape index (κ3) is 4.74. The van der Waals surface area contributed by atoms with Gasteiger partial charge in [0.15, 0.2) is 12.1 Å². The Hall–Kier alpha value is -4.13. The molecule has 1 amide bonds. The lowest BCUT2D eigenvalue weighted by Gasteiger charge is -2.40. The summed E-state index contributed by atoms with van der Waals surface area (Å²) in [7, 11) is 0. The summed E-state index contributed by atoms with van der Waals surface area (Å²) in [5.41, 5.74) is 2.73. The van der Waals surface area contributed by atoms with Crippen LogP contribution in [0.1, 0.15) is 21.7 Å². The first-order valence-corrected chi connectivity index (χ1v) is 12.8. The molecule has 1 aliphatic rings. The fraction of sp³-hybridized carbons (Fsp3) is 0.276. The van der Waals surface area contributed by atoms with Gasteiger partial charge in [0.05, 0.1) is 12.2 Å². The molecule has 5 atom stereocenters. The smallest absolute Gasteiger partial charge is 0.257 e. The summed E-state index contributed by atoms with van der Waals surface area (Å²) in [6, 6.07) is 18.3. The number of aryl methyl sites for hydroxylation is 1. The highest BCUT2D eigenvalue weighted by Gasteiger charge is 2.44. The topological polar surface area (TPSA) is 163 Å². The summed E-state index contributed by atoms with van der Waals surface area (Å²) < 4.78 is 12.5. The molecule has 0 aliphatic carbocycles. The highest BCUT2D eigenvalue weighted by atomic mass is 16.6. The Morgan fingerprint density at radius 3 is 2.58 bits per heavy atom. The van der Waals surface area contributed by atoms with E-state index in [0.29, 0.717) is 34.8 Å². The van der Waals surface area contributed by atoms with Crippen LogP contribution in [0.15, 0.2) is 71.4 Å². The van der Waals surface area contributed by atoms with Crippen LogP contribution in [0.5, 0.6) is 0 Å². The highest BCUT2D eigenvalue weighted by molar-refractivity contribution is 6.07. The largest absolute Gasteiger partial charge is 0.394 e. The minimum atomic E-state index is -1.63. The van der Waals surface area contributed by atoms with Crippen molar-refractivity contribution in [2.24, 2.45) is 0 Å². The summed E-state index contributed by atoms with van der Waals surface area (Å²) in [6.07, 6.45) is -4.14. The Morgan fingerprint density at radius 2 is 1.82 bits per heavy atom. The molecular weight excluding hydrogens is 516 g/mol. The van der Waals surface area contributed by atoms with E-state index in [0.717, 1.165) is 21.9 Å². The van der Waals surface area contributed by atoms with Gasteiger partial charge < -0.3 is 39.6 Å². The SMILES string of the molecule is Cc1noc(-c2ccc3c(C(=O)N[C@H]4C(O)O[C@H](CO)[C@@H](O)[C@@H]4O)cn(Cc4ccc5ccccc5c4)c3c2)n1. The van der Waals surface area contributed by atoms with E-state index in [4.69, 9.17) is 9.26 Å². The molecule has 0 bridgehead atoms. The number of ether oxygens (including phenoxy) is 1.